The lowest BCUT2D eigenvalue weighted by Crippen LogP contribution is -2.55. The van der Waals surface area contributed by atoms with E-state index in [2.05, 4.69) is 25.7 Å². The molecule has 0 aromatic heterocycles. The van der Waals surface area contributed by atoms with Gasteiger partial charge in [0, 0.05) is 34.1 Å². The summed E-state index contributed by atoms with van der Waals surface area (Å²) >= 11 is 6.09. The Morgan fingerprint density at radius 2 is 1.74 bits per heavy atom. The fourth-order valence-electron chi connectivity index (χ4n) is 5.75. The van der Waals surface area contributed by atoms with E-state index in [1.165, 1.54) is 0 Å². The van der Waals surface area contributed by atoms with Crippen LogP contribution in [0.5, 0.6) is 5.75 Å². The highest BCUT2D eigenvalue weighted by Crippen LogP contribution is 2.52. The second-order valence-corrected chi connectivity index (χ2v) is 14.4. The number of ether oxygens (including phenoxy) is 2. The van der Waals surface area contributed by atoms with Crippen LogP contribution >= 0.6 is 24.0 Å². The molecular weight excluding hydrogens is 567 g/mol. The van der Waals surface area contributed by atoms with Gasteiger partial charge in [-0.3, -0.25) is 0 Å². The minimum atomic E-state index is -3.32. The first-order valence-electron chi connectivity index (χ1n) is 13.2. The zero-order chi connectivity index (χ0) is 27.7. The molecule has 0 N–H and O–H groups in total. The fourth-order valence-corrected chi connectivity index (χ4v) is 7.24. The number of hydrogen-bond donors (Lipinski definition) is 0. The minimum Gasteiger partial charge on any atom is -0.490 e. The van der Waals surface area contributed by atoms with Gasteiger partial charge in [0.1, 0.15) is 15.7 Å². The summed E-state index contributed by atoms with van der Waals surface area (Å²) in [6.45, 7) is 7.42. The smallest absolute Gasteiger partial charge is 0.165 e. The quantitative estimate of drug-likeness (QED) is 0.338. The number of sulfone groups is 1. The lowest BCUT2D eigenvalue weighted by atomic mass is 9.60. The van der Waals surface area contributed by atoms with E-state index in [4.69, 9.17) is 21.1 Å². The van der Waals surface area contributed by atoms with Crippen molar-refractivity contribution in [3.05, 3.63) is 64.2 Å². The van der Waals surface area contributed by atoms with Crippen molar-refractivity contribution in [1.82, 2.24) is 4.90 Å². The highest BCUT2D eigenvalue weighted by molar-refractivity contribution is 7.91. The zero-order valence-corrected chi connectivity index (χ0v) is 25.4. The second-order valence-electron chi connectivity index (χ2n) is 11.7. The summed E-state index contributed by atoms with van der Waals surface area (Å²) in [6, 6.07) is 9.59. The van der Waals surface area contributed by atoms with Gasteiger partial charge in [-0.15, -0.1) is 12.4 Å². The number of nitrogens with zero attached hydrogens (tertiary/aromatic N) is 1. The Morgan fingerprint density at radius 1 is 1.08 bits per heavy atom. The van der Waals surface area contributed by atoms with E-state index >= 15 is 4.39 Å². The summed E-state index contributed by atoms with van der Waals surface area (Å²) < 4.78 is 68.0. The maximum atomic E-state index is 15.4. The second kappa shape index (κ2) is 12.6. The molecule has 2 aromatic carbocycles. The van der Waals surface area contributed by atoms with Crippen LogP contribution < -0.4 is 4.74 Å². The van der Waals surface area contributed by atoms with E-state index in [9.17, 15) is 12.8 Å². The van der Waals surface area contributed by atoms with Crippen molar-refractivity contribution in [1.29, 1.82) is 0 Å². The molecule has 0 aliphatic carbocycles. The highest BCUT2D eigenvalue weighted by atomic mass is 35.5. The molecule has 0 saturated carbocycles. The topological polar surface area (TPSA) is 55.8 Å². The van der Waals surface area contributed by atoms with Crippen LogP contribution in [0.25, 0.3) is 0 Å². The Balaban J connectivity index is 0.00000420. The minimum absolute atomic E-state index is 0. The van der Waals surface area contributed by atoms with Crippen LogP contribution in [0, 0.1) is 17.6 Å². The summed E-state index contributed by atoms with van der Waals surface area (Å²) in [4.78, 5) is 2.14. The summed E-state index contributed by atoms with van der Waals surface area (Å²) in [5.41, 5.74) is 0.340. The summed E-state index contributed by atoms with van der Waals surface area (Å²) in [5, 5.41) is 0.594. The van der Waals surface area contributed by atoms with Crippen molar-refractivity contribution in [2.24, 2.45) is 5.92 Å². The Hall–Kier alpha value is -1.45. The Morgan fingerprint density at radius 3 is 2.41 bits per heavy atom. The van der Waals surface area contributed by atoms with Gasteiger partial charge in [0.15, 0.2) is 11.6 Å². The lowest BCUT2D eigenvalue weighted by molar-refractivity contribution is -0.0963. The Kier molecular flexibility index (Phi) is 10.4. The molecule has 2 aliphatic rings. The summed E-state index contributed by atoms with van der Waals surface area (Å²) in [6.07, 6.45) is 1.28. The van der Waals surface area contributed by atoms with Gasteiger partial charge in [-0.25, -0.2) is 17.2 Å². The van der Waals surface area contributed by atoms with Crippen LogP contribution in [0.2, 0.25) is 5.02 Å². The molecule has 218 valence electrons. The summed E-state index contributed by atoms with van der Waals surface area (Å²) in [7, 11) is -1.32. The molecule has 4 rings (SSSR count). The lowest BCUT2D eigenvalue weighted by Gasteiger charge is -2.51. The van der Waals surface area contributed by atoms with Gasteiger partial charge in [-0.2, -0.15) is 0 Å². The Bertz CT molecular complexity index is 1240. The third-order valence-electron chi connectivity index (χ3n) is 8.24. The van der Waals surface area contributed by atoms with Crippen LogP contribution in [0.15, 0.2) is 36.4 Å². The molecular formula is C29H39Cl2F2NO4S. The average Bonchev–Trinajstić information content (AvgIpc) is 2.85. The van der Waals surface area contributed by atoms with Crippen LogP contribution in [0.3, 0.4) is 0 Å². The van der Waals surface area contributed by atoms with E-state index in [-0.39, 0.29) is 59.7 Å². The van der Waals surface area contributed by atoms with Crippen molar-refractivity contribution in [3.8, 4) is 5.75 Å². The SMILES string of the molecule is CN(CCCS(=O)(=O)CC[C@@H]1OCC[C@@]2(Cc3ccc(Cl)cc3)c3c(F)ccc(F)c3OC[C@@H]12)C(C)(C)C.Cl. The van der Waals surface area contributed by atoms with Gasteiger partial charge in [-0.1, -0.05) is 23.7 Å². The highest BCUT2D eigenvalue weighted by Gasteiger charge is 2.53. The van der Waals surface area contributed by atoms with E-state index < -0.39 is 33.0 Å². The van der Waals surface area contributed by atoms with Gasteiger partial charge in [0.2, 0.25) is 0 Å². The molecule has 39 heavy (non-hydrogen) atoms. The van der Waals surface area contributed by atoms with E-state index in [0.717, 1.165) is 17.7 Å². The Labute approximate surface area is 242 Å². The molecule has 0 amide bonds. The molecule has 1 fully saturated rings. The number of hydrogen-bond acceptors (Lipinski definition) is 5. The third-order valence-corrected chi connectivity index (χ3v) is 10.3. The van der Waals surface area contributed by atoms with Gasteiger partial charge in [-0.05, 0) is 89.9 Å². The largest absolute Gasteiger partial charge is 0.490 e. The number of rotatable bonds is 9. The number of fused-ring (bicyclic) bond motifs is 3. The predicted octanol–water partition coefficient (Wildman–Crippen LogP) is 6.24. The first kappa shape index (κ1) is 32.1. The standard InChI is InChI=1S/C29H38ClF2NO4S.ClH/c1-28(2,3)33(4)14-5-16-38(34,35)17-12-25-22-19-37-27-24(32)11-10-23(31)26(27)29(22,13-15-36-25)18-20-6-8-21(30)9-7-20;/h6-11,22,25H,5,12-19H2,1-4H3;1H/t22-,25-,29-;/m0./s1. The first-order chi connectivity index (χ1) is 17.8. The normalized spacial score (nSPS) is 23.0. The zero-order valence-electron chi connectivity index (χ0n) is 23.0. The van der Waals surface area contributed by atoms with Crippen LogP contribution in [0.4, 0.5) is 8.78 Å². The molecule has 1 saturated heterocycles. The molecule has 2 aromatic rings. The van der Waals surface area contributed by atoms with Gasteiger partial charge < -0.3 is 14.4 Å². The fraction of sp³-hybridized carbons (Fsp3) is 0.586. The van der Waals surface area contributed by atoms with E-state index in [1.54, 1.807) is 12.1 Å². The van der Waals surface area contributed by atoms with Gasteiger partial charge in [0.05, 0.1) is 24.2 Å². The van der Waals surface area contributed by atoms with Crippen molar-refractivity contribution in [2.75, 3.05) is 38.3 Å². The predicted molar refractivity (Wildman–Crippen MR) is 154 cm³/mol. The van der Waals surface area contributed by atoms with Crippen molar-refractivity contribution >= 4 is 33.8 Å². The molecule has 2 aliphatic heterocycles. The van der Waals surface area contributed by atoms with E-state index in [1.807, 2.05) is 19.2 Å². The molecule has 3 atom stereocenters. The molecule has 0 spiro atoms. The van der Waals surface area contributed by atoms with Gasteiger partial charge in [0.25, 0.3) is 0 Å². The maximum absolute atomic E-state index is 15.4. The summed E-state index contributed by atoms with van der Waals surface area (Å²) in [5.74, 6) is -1.43. The third kappa shape index (κ3) is 7.25. The molecule has 2 heterocycles. The molecule has 0 bridgehead atoms. The van der Waals surface area contributed by atoms with Gasteiger partial charge >= 0.3 is 0 Å². The average molecular weight is 607 g/mol. The van der Waals surface area contributed by atoms with Crippen molar-refractivity contribution in [3.63, 3.8) is 0 Å². The first-order valence-corrected chi connectivity index (χ1v) is 15.4. The maximum Gasteiger partial charge on any atom is 0.165 e. The van der Waals surface area contributed by atoms with E-state index in [0.29, 0.717) is 37.4 Å². The van der Waals surface area contributed by atoms with Crippen molar-refractivity contribution < 1.29 is 26.7 Å². The number of halogens is 4. The van der Waals surface area contributed by atoms with Crippen LogP contribution in [-0.2, 0) is 26.4 Å². The molecule has 5 nitrogen and oxygen atoms in total. The monoisotopic (exact) mass is 605 g/mol. The number of benzene rings is 2. The molecule has 0 radical (unpaired) electrons. The van der Waals surface area contributed by atoms with Crippen LogP contribution in [0.1, 0.15) is 51.2 Å². The molecule has 10 heteroatoms. The van der Waals surface area contributed by atoms with Crippen LogP contribution in [-0.4, -0.2) is 63.3 Å². The van der Waals surface area contributed by atoms with Crippen molar-refractivity contribution in [2.45, 2.75) is 63.5 Å². The molecule has 0 unspecified atom stereocenters.